The number of fused-ring (bicyclic) bond motifs is 3. The maximum atomic E-state index is 14.0. The van der Waals surface area contributed by atoms with Crippen LogP contribution in [0.15, 0.2) is 82.1 Å². The van der Waals surface area contributed by atoms with E-state index in [1.54, 1.807) is 14.2 Å². The Morgan fingerprint density at radius 2 is 1.74 bits per heavy atom. The molecule has 2 heterocycles. The molecule has 0 fully saturated rings. The molecule has 6 nitrogen and oxygen atoms in total. The number of hydrogen-bond acceptors (Lipinski definition) is 6. The lowest BCUT2D eigenvalue weighted by Gasteiger charge is -2.31. The number of methoxy groups -OCH3 is 2. The lowest BCUT2D eigenvalue weighted by molar-refractivity contribution is 0.354. The molecule has 192 valence electrons. The minimum absolute atomic E-state index is 0.0318. The lowest BCUT2D eigenvalue weighted by atomic mass is 9.83. The first-order valence-corrected chi connectivity index (χ1v) is 13.4. The molecule has 4 aromatic rings. The Morgan fingerprint density at radius 1 is 0.974 bits per heavy atom. The maximum absolute atomic E-state index is 14.0. The third-order valence-corrected chi connectivity index (χ3v) is 8.29. The molecular formula is C31H29N3O3S. The largest absolute Gasteiger partial charge is 0.493 e. The first-order chi connectivity index (χ1) is 18.5. The molecule has 1 atom stereocenters. The Labute approximate surface area is 225 Å². The molecule has 6 rings (SSSR count). The summed E-state index contributed by atoms with van der Waals surface area (Å²) in [4.78, 5) is 21.8. The Morgan fingerprint density at radius 3 is 2.47 bits per heavy atom. The molecule has 7 heteroatoms. The molecule has 1 aliphatic carbocycles. The van der Waals surface area contributed by atoms with Gasteiger partial charge in [0.05, 0.1) is 30.5 Å². The maximum Gasteiger partial charge on any atom is 0.271 e. The van der Waals surface area contributed by atoms with E-state index in [1.165, 1.54) is 16.9 Å². The van der Waals surface area contributed by atoms with Gasteiger partial charge in [-0.2, -0.15) is 0 Å². The van der Waals surface area contributed by atoms with Gasteiger partial charge in [-0.05, 0) is 65.4 Å². The monoisotopic (exact) mass is 523 g/mol. The predicted octanol–water partition coefficient (Wildman–Crippen LogP) is 4.40. The molecule has 1 aliphatic heterocycles. The van der Waals surface area contributed by atoms with Crippen molar-refractivity contribution in [3.8, 4) is 11.5 Å². The van der Waals surface area contributed by atoms with Gasteiger partial charge in [0.2, 0.25) is 0 Å². The third kappa shape index (κ3) is 4.03. The van der Waals surface area contributed by atoms with Crippen LogP contribution in [0.2, 0.25) is 0 Å². The van der Waals surface area contributed by atoms with Crippen molar-refractivity contribution in [1.29, 1.82) is 0 Å². The van der Waals surface area contributed by atoms with Crippen molar-refractivity contribution in [2.24, 2.45) is 4.99 Å². The van der Waals surface area contributed by atoms with Gasteiger partial charge in [-0.1, -0.05) is 53.8 Å². The second-order valence-corrected chi connectivity index (χ2v) is 10.7. The van der Waals surface area contributed by atoms with Gasteiger partial charge >= 0.3 is 0 Å². The molecule has 1 aromatic heterocycles. The van der Waals surface area contributed by atoms with Gasteiger partial charge in [0.15, 0.2) is 16.3 Å². The van der Waals surface area contributed by atoms with Crippen molar-refractivity contribution in [1.82, 2.24) is 4.57 Å². The van der Waals surface area contributed by atoms with E-state index in [-0.39, 0.29) is 11.6 Å². The summed E-state index contributed by atoms with van der Waals surface area (Å²) in [6, 6.07) is 22.3. The quantitative estimate of drug-likeness (QED) is 0.389. The number of benzene rings is 3. The number of ether oxygens (including phenoxy) is 2. The number of aromatic nitrogens is 1. The predicted molar refractivity (Wildman–Crippen MR) is 153 cm³/mol. The van der Waals surface area contributed by atoms with Crippen LogP contribution < -0.4 is 29.3 Å². The number of thiazole rings is 1. The van der Waals surface area contributed by atoms with Crippen LogP contribution in [0, 0.1) is 0 Å². The van der Waals surface area contributed by atoms with E-state index in [4.69, 9.17) is 14.5 Å². The average molecular weight is 524 g/mol. The number of allylic oxidation sites excluding steroid dienone is 1. The molecular weight excluding hydrogens is 494 g/mol. The Balaban J connectivity index is 1.58. The van der Waals surface area contributed by atoms with Crippen LogP contribution in [-0.4, -0.2) is 32.9 Å². The molecule has 0 amide bonds. The number of nitrogens with zero attached hydrogens (tertiary/aromatic N) is 3. The summed E-state index contributed by atoms with van der Waals surface area (Å²) in [5.41, 5.74) is 7.63. The minimum atomic E-state index is -0.271. The number of anilines is 1. The highest BCUT2D eigenvalue weighted by atomic mass is 32.1. The summed E-state index contributed by atoms with van der Waals surface area (Å²) >= 11 is 1.44. The Hall–Kier alpha value is -4.10. The van der Waals surface area contributed by atoms with Crippen molar-refractivity contribution in [3.05, 3.63) is 114 Å². The highest BCUT2D eigenvalue weighted by Gasteiger charge is 2.33. The highest BCUT2D eigenvalue weighted by Crippen LogP contribution is 2.42. The molecule has 0 saturated carbocycles. The normalized spacial score (nSPS) is 16.3. The fourth-order valence-electron chi connectivity index (χ4n) is 5.37. The van der Waals surface area contributed by atoms with Gasteiger partial charge in [0.25, 0.3) is 5.56 Å². The third-order valence-electron chi connectivity index (χ3n) is 7.30. The van der Waals surface area contributed by atoms with E-state index in [0.717, 1.165) is 46.5 Å². The SMILES string of the molecule is COc1ccc(C2C3=C(N=c4s/c(=C/c5ccc(N(C)C)cc5)c(=O)n42)c2ccccc2CC3)cc1OC. The van der Waals surface area contributed by atoms with Crippen molar-refractivity contribution >= 4 is 28.8 Å². The molecule has 0 radical (unpaired) electrons. The minimum Gasteiger partial charge on any atom is -0.493 e. The van der Waals surface area contributed by atoms with Crippen LogP contribution in [0.25, 0.3) is 11.8 Å². The van der Waals surface area contributed by atoms with Crippen LogP contribution in [0.3, 0.4) is 0 Å². The van der Waals surface area contributed by atoms with Gasteiger partial charge in [-0.3, -0.25) is 9.36 Å². The van der Waals surface area contributed by atoms with Crippen LogP contribution in [-0.2, 0) is 6.42 Å². The fraction of sp³-hybridized carbons (Fsp3) is 0.226. The lowest BCUT2D eigenvalue weighted by Crippen LogP contribution is -2.38. The van der Waals surface area contributed by atoms with Gasteiger partial charge in [0.1, 0.15) is 0 Å². The highest BCUT2D eigenvalue weighted by molar-refractivity contribution is 7.07. The zero-order chi connectivity index (χ0) is 26.4. The van der Waals surface area contributed by atoms with Crippen molar-refractivity contribution in [2.75, 3.05) is 33.2 Å². The van der Waals surface area contributed by atoms with E-state index >= 15 is 0 Å². The van der Waals surface area contributed by atoms with E-state index in [0.29, 0.717) is 20.8 Å². The molecule has 3 aromatic carbocycles. The standard InChI is InChI=1S/C31H29N3O3S/c1-33(2)22-13-9-19(10-14-22)17-27-30(35)34-29(21-12-16-25(36-3)26(18-21)37-4)24-15-11-20-7-5-6-8-23(20)28(24)32-31(34)38-27/h5-10,12-14,16-18,29H,11,15H2,1-4H3/b27-17+. The Kier molecular flexibility index (Phi) is 6.16. The summed E-state index contributed by atoms with van der Waals surface area (Å²) in [5.74, 6) is 1.30. The van der Waals surface area contributed by atoms with Crippen LogP contribution in [0.1, 0.15) is 34.7 Å². The number of aryl methyl sites for hydroxylation is 1. The average Bonchev–Trinajstić information content (AvgIpc) is 3.25. The zero-order valence-electron chi connectivity index (χ0n) is 21.9. The summed E-state index contributed by atoms with van der Waals surface area (Å²) in [5, 5.41) is 0. The van der Waals surface area contributed by atoms with E-state index in [1.807, 2.05) is 55.1 Å². The second-order valence-electron chi connectivity index (χ2n) is 9.71. The fourth-order valence-corrected chi connectivity index (χ4v) is 6.37. The molecule has 1 unspecified atom stereocenters. The topological polar surface area (TPSA) is 56.1 Å². The number of rotatable bonds is 5. The van der Waals surface area contributed by atoms with Gasteiger partial charge in [0, 0.05) is 25.3 Å². The zero-order valence-corrected chi connectivity index (χ0v) is 22.7. The van der Waals surface area contributed by atoms with Gasteiger partial charge in [-0.25, -0.2) is 4.99 Å². The van der Waals surface area contributed by atoms with Crippen molar-refractivity contribution < 1.29 is 9.47 Å². The van der Waals surface area contributed by atoms with Crippen LogP contribution in [0.4, 0.5) is 5.69 Å². The molecule has 0 saturated heterocycles. The first kappa shape index (κ1) is 24.2. The van der Waals surface area contributed by atoms with Crippen molar-refractivity contribution in [2.45, 2.75) is 18.9 Å². The molecule has 2 aliphatic rings. The molecule has 0 N–H and O–H groups in total. The molecule has 0 bridgehead atoms. The summed E-state index contributed by atoms with van der Waals surface area (Å²) in [6.45, 7) is 0. The summed E-state index contributed by atoms with van der Waals surface area (Å²) < 4.78 is 13.6. The van der Waals surface area contributed by atoms with Crippen molar-refractivity contribution in [3.63, 3.8) is 0 Å². The van der Waals surface area contributed by atoms with Gasteiger partial charge in [-0.15, -0.1) is 0 Å². The van der Waals surface area contributed by atoms with Gasteiger partial charge < -0.3 is 14.4 Å². The van der Waals surface area contributed by atoms with E-state index in [2.05, 4.69) is 41.3 Å². The van der Waals surface area contributed by atoms with E-state index in [9.17, 15) is 4.79 Å². The van der Waals surface area contributed by atoms with Crippen LogP contribution in [0.5, 0.6) is 11.5 Å². The summed E-state index contributed by atoms with van der Waals surface area (Å²) in [6.07, 6.45) is 3.72. The van der Waals surface area contributed by atoms with Crippen LogP contribution >= 0.6 is 11.3 Å². The smallest absolute Gasteiger partial charge is 0.271 e. The Bertz CT molecular complexity index is 1750. The van der Waals surface area contributed by atoms with E-state index < -0.39 is 0 Å². The molecule has 38 heavy (non-hydrogen) atoms. The first-order valence-electron chi connectivity index (χ1n) is 12.6. The molecule has 0 spiro atoms. The summed E-state index contributed by atoms with van der Waals surface area (Å²) in [7, 11) is 7.29. The second kappa shape index (κ2) is 9.65. The number of hydrogen-bond donors (Lipinski definition) is 0.